The number of phenolic OH excluding ortho intramolecular Hbond substituents is 1. The number of rotatable bonds is 32. The smallest absolute Gasteiger partial charge is 0.326 e. The second-order valence-corrected chi connectivity index (χ2v) is 19.9. The molecule has 0 unspecified atom stereocenters. The molecule has 80 heavy (non-hydrogen) atoms. The number of aromatic hydroxyl groups is 1. The molecule has 7 amide bonds. The van der Waals surface area contributed by atoms with Crippen molar-refractivity contribution in [1.29, 1.82) is 0 Å². The molecule has 0 radical (unpaired) electrons. The molecule has 0 aromatic heterocycles. The van der Waals surface area contributed by atoms with Gasteiger partial charge in [0.05, 0.1) is 12.5 Å². The van der Waals surface area contributed by atoms with Crippen LogP contribution >= 0.6 is 0 Å². The fourth-order valence-electron chi connectivity index (χ4n) is 8.85. The Kier molecular flexibility index (Phi) is 25.6. The number of aliphatic carboxylic acids is 2. The first-order valence-corrected chi connectivity index (χ1v) is 26.3. The molecule has 0 aliphatic carbocycles. The van der Waals surface area contributed by atoms with Crippen molar-refractivity contribution in [3.63, 3.8) is 0 Å². The zero-order valence-corrected chi connectivity index (χ0v) is 44.9. The van der Waals surface area contributed by atoms with Crippen molar-refractivity contribution < 1.29 is 58.5 Å². The van der Waals surface area contributed by atoms with Gasteiger partial charge in [-0.15, -0.1) is 0 Å². The van der Waals surface area contributed by atoms with Crippen molar-refractivity contribution in [2.45, 2.75) is 133 Å². The summed E-state index contributed by atoms with van der Waals surface area (Å²) in [6, 6.07) is 13.0. The number of carboxylic acid groups (broad SMARTS) is 2. The van der Waals surface area contributed by atoms with Crippen molar-refractivity contribution in [1.82, 2.24) is 36.8 Å². The molecular weight excluding hydrogens is 1040 g/mol. The summed E-state index contributed by atoms with van der Waals surface area (Å²) in [5.41, 5.74) is 30.3. The average molecular weight is 1110 g/mol. The molecule has 1 fully saturated rings. The van der Waals surface area contributed by atoms with Gasteiger partial charge in [-0.3, -0.25) is 48.3 Å². The van der Waals surface area contributed by atoms with Crippen LogP contribution in [0.15, 0.2) is 94.9 Å². The first kappa shape index (κ1) is 63.7. The molecule has 0 spiro atoms. The van der Waals surface area contributed by atoms with Crippen LogP contribution < -0.4 is 60.6 Å². The Morgan fingerprint density at radius 1 is 0.575 bits per heavy atom. The maximum Gasteiger partial charge on any atom is 0.326 e. The minimum atomic E-state index is -1.84. The van der Waals surface area contributed by atoms with Gasteiger partial charge in [0, 0.05) is 32.5 Å². The number of carboxylic acids is 2. The summed E-state index contributed by atoms with van der Waals surface area (Å²) in [5, 5.41) is 44.5. The van der Waals surface area contributed by atoms with Gasteiger partial charge in [0.1, 0.15) is 48.0 Å². The highest BCUT2D eigenvalue weighted by Crippen LogP contribution is 2.21. The van der Waals surface area contributed by atoms with Gasteiger partial charge in [-0.2, -0.15) is 0 Å². The van der Waals surface area contributed by atoms with E-state index in [4.69, 9.17) is 28.7 Å². The Morgan fingerprint density at radius 3 is 1.52 bits per heavy atom. The van der Waals surface area contributed by atoms with Crippen molar-refractivity contribution in [2.24, 2.45) is 44.6 Å². The molecule has 8 atom stereocenters. The van der Waals surface area contributed by atoms with E-state index in [1.54, 1.807) is 72.8 Å². The molecule has 0 bridgehead atoms. The van der Waals surface area contributed by atoms with Gasteiger partial charge in [-0.05, 0) is 86.1 Å². The maximum absolute atomic E-state index is 14.7. The van der Waals surface area contributed by atoms with Gasteiger partial charge in [-0.1, -0.05) is 86.6 Å². The number of benzene rings is 3. The van der Waals surface area contributed by atoms with Crippen molar-refractivity contribution >= 4 is 65.2 Å². The van der Waals surface area contributed by atoms with Crippen LogP contribution in [0.5, 0.6) is 5.75 Å². The van der Waals surface area contributed by atoms with Crippen LogP contribution in [0.1, 0.15) is 81.9 Å². The maximum atomic E-state index is 14.7. The molecule has 0 saturated carbocycles. The van der Waals surface area contributed by atoms with Gasteiger partial charge in [0.15, 0.2) is 11.9 Å². The Bertz CT molecular complexity index is 2630. The lowest BCUT2D eigenvalue weighted by Gasteiger charge is -2.31. The minimum absolute atomic E-state index is 0.0164. The molecule has 1 aliphatic heterocycles. The molecular formula is C54H76N14O12. The molecule has 26 nitrogen and oxygen atoms in total. The third-order valence-electron chi connectivity index (χ3n) is 12.9. The summed E-state index contributed by atoms with van der Waals surface area (Å²) < 4.78 is 0. The van der Waals surface area contributed by atoms with Crippen LogP contribution in [0.2, 0.25) is 0 Å². The van der Waals surface area contributed by atoms with Crippen molar-refractivity contribution in [3.05, 3.63) is 102 Å². The number of phenols is 1. The number of likely N-dealkylation sites (tertiary alicyclic amines) is 1. The summed E-state index contributed by atoms with van der Waals surface area (Å²) in [6.07, 6.45) is -0.332. The van der Waals surface area contributed by atoms with Crippen molar-refractivity contribution in [2.75, 3.05) is 19.6 Å². The summed E-state index contributed by atoms with van der Waals surface area (Å²) in [5.74, 6) is -9.17. The van der Waals surface area contributed by atoms with Crippen LogP contribution in [0, 0.1) is 5.92 Å². The number of aliphatic imine (C=N–C) groups is 2. The topological polar surface area (TPSA) is 445 Å². The third-order valence-corrected chi connectivity index (χ3v) is 12.9. The molecule has 26 heteroatoms. The zero-order valence-electron chi connectivity index (χ0n) is 44.9. The fourth-order valence-corrected chi connectivity index (χ4v) is 8.85. The van der Waals surface area contributed by atoms with E-state index in [0.717, 1.165) is 0 Å². The number of nitrogens with zero attached hydrogens (tertiary/aromatic N) is 3. The number of carbonyl (C=O) groups is 9. The molecule has 3 aromatic carbocycles. The summed E-state index contributed by atoms with van der Waals surface area (Å²) in [6.45, 7) is 3.76. The van der Waals surface area contributed by atoms with E-state index in [9.17, 15) is 58.5 Å². The Labute approximate surface area is 463 Å². The summed E-state index contributed by atoms with van der Waals surface area (Å²) in [7, 11) is 0. The number of nitrogens with one attached hydrogen (secondary N) is 6. The van der Waals surface area contributed by atoms with Crippen LogP contribution in [0.3, 0.4) is 0 Å². The van der Waals surface area contributed by atoms with Gasteiger partial charge < -0.3 is 80.8 Å². The molecule has 1 aliphatic rings. The minimum Gasteiger partial charge on any atom is -0.508 e. The molecule has 1 saturated heterocycles. The van der Waals surface area contributed by atoms with E-state index in [-0.39, 0.29) is 101 Å². The highest BCUT2D eigenvalue weighted by atomic mass is 16.4. The largest absolute Gasteiger partial charge is 0.508 e. The monoisotopic (exact) mass is 1110 g/mol. The lowest BCUT2D eigenvalue weighted by Crippen LogP contribution is -2.60. The Balaban J connectivity index is 1.61. The van der Waals surface area contributed by atoms with Gasteiger partial charge in [0.25, 0.3) is 0 Å². The normalized spacial score (nSPS) is 15.5. The zero-order chi connectivity index (χ0) is 58.9. The lowest BCUT2D eigenvalue weighted by atomic mass is 9.99. The fraction of sp³-hybridized carbons (Fsp3) is 0.463. The molecule has 434 valence electrons. The quantitative estimate of drug-likeness (QED) is 0.0189. The highest BCUT2D eigenvalue weighted by molar-refractivity contribution is 5.98. The predicted octanol–water partition coefficient (Wildman–Crippen LogP) is -1.64. The van der Waals surface area contributed by atoms with Gasteiger partial charge in [0.2, 0.25) is 41.4 Å². The standard InChI is InChI=1S/C54H76N14O12/c1-31(2)26-39(65-49(76)40(28-32-12-5-3-6-13-32)64-45(72)36(55)27-34-19-21-35(69)22-20-34)47(74)66-41(29-33-14-7-4-8-15-33)48(75)63-38(17-10-24-61-54(58)59)51(78)68-25-11-18-43(68)50(77)62-37(16-9-23-60-53(56)57)46(73)67-42(52(79)80)30-44(70)71/h3-8,12-15,19-22,31,36-43,69H,9-11,16-18,23-30,55H2,1-2H3,(H,62,77)(H,63,75)(H,64,72)(H,65,76)(H,66,74)(H,67,73)(H,70,71)(H,79,80)(H4,56,57,60)(H4,58,59,61)/t36-,37-,38-,39-,40-,41-,42-,43-/m0/s1. The molecule has 4 rings (SSSR count). The average Bonchev–Trinajstić information content (AvgIpc) is 3.91. The predicted molar refractivity (Wildman–Crippen MR) is 296 cm³/mol. The third kappa shape index (κ3) is 21.9. The van der Waals surface area contributed by atoms with Crippen molar-refractivity contribution in [3.8, 4) is 5.75 Å². The van der Waals surface area contributed by atoms with Crippen LogP contribution in [-0.2, 0) is 62.4 Å². The Hall–Kier alpha value is -8.81. The molecule has 1 heterocycles. The summed E-state index contributed by atoms with van der Waals surface area (Å²) in [4.78, 5) is 132. The van der Waals surface area contributed by atoms with Crippen LogP contribution in [0.4, 0.5) is 0 Å². The van der Waals surface area contributed by atoms with E-state index < -0.39 is 108 Å². The van der Waals surface area contributed by atoms with E-state index in [2.05, 4.69) is 41.9 Å². The number of hydrogen-bond acceptors (Lipinski definition) is 13. The molecule has 19 N–H and O–H groups in total. The summed E-state index contributed by atoms with van der Waals surface area (Å²) >= 11 is 0. The number of nitrogens with two attached hydrogens (primary N) is 5. The van der Waals surface area contributed by atoms with E-state index in [1.165, 1.54) is 17.0 Å². The number of carbonyl (C=O) groups excluding carboxylic acids is 7. The number of guanidine groups is 2. The van der Waals surface area contributed by atoms with E-state index in [0.29, 0.717) is 23.1 Å². The van der Waals surface area contributed by atoms with Gasteiger partial charge in [-0.25, -0.2) is 4.79 Å². The first-order valence-electron chi connectivity index (χ1n) is 26.3. The second-order valence-electron chi connectivity index (χ2n) is 19.9. The van der Waals surface area contributed by atoms with Crippen LogP contribution in [0.25, 0.3) is 0 Å². The van der Waals surface area contributed by atoms with Gasteiger partial charge >= 0.3 is 11.9 Å². The molecule has 3 aromatic rings. The van der Waals surface area contributed by atoms with E-state index >= 15 is 0 Å². The number of hydrogen-bond donors (Lipinski definition) is 14. The van der Waals surface area contributed by atoms with Crippen LogP contribution in [-0.4, -0.2) is 153 Å². The SMILES string of the molecule is CC(C)C[C@H](NC(=O)[C@H](Cc1ccccc1)NC(=O)[C@@H](N)Cc1ccc(O)cc1)C(=O)N[C@@H](Cc1ccccc1)C(=O)N[C@@H](CCCN=C(N)N)C(=O)N1CCC[C@H]1C(=O)N[C@@H](CCCN=C(N)N)C(=O)N[C@@H](CC(=O)O)C(=O)O. The Morgan fingerprint density at radius 2 is 1.02 bits per heavy atom. The second kappa shape index (κ2) is 32.2. The highest BCUT2D eigenvalue weighted by Gasteiger charge is 2.40. The van der Waals surface area contributed by atoms with E-state index in [1.807, 2.05) is 13.8 Å². The first-order chi connectivity index (χ1) is 38.0. The lowest BCUT2D eigenvalue weighted by molar-refractivity contribution is -0.147. The number of amides is 7.